The van der Waals surface area contributed by atoms with Crippen LogP contribution in [0.5, 0.6) is 0 Å². The molecule has 5 heteroatoms. The van der Waals surface area contributed by atoms with Gasteiger partial charge in [-0.15, -0.1) is 0 Å². The summed E-state index contributed by atoms with van der Waals surface area (Å²) in [5.41, 5.74) is 8.44. The maximum Gasteiger partial charge on any atom is 0.123 e. The maximum atomic E-state index is 13.2. The van der Waals surface area contributed by atoms with E-state index in [-0.39, 0.29) is 5.82 Å². The molecule has 1 heterocycles. The van der Waals surface area contributed by atoms with Gasteiger partial charge in [-0.05, 0) is 42.3 Å². The predicted octanol–water partition coefficient (Wildman–Crippen LogP) is 5.91. The number of nitrogens with zero attached hydrogens (tertiary/aromatic N) is 2. The van der Waals surface area contributed by atoms with Crippen molar-refractivity contribution >= 4 is 28.7 Å². The van der Waals surface area contributed by atoms with Gasteiger partial charge in [-0.1, -0.05) is 60.1 Å². The number of hydrogen-bond acceptors (Lipinski definition) is 2. The monoisotopic (exact) mass is 405 g/mol. The zero-order valence-electron chi connectivity index (χ0n) is 16.1. The zero-order chi connectivity index (χ0) is 20.2. The Morgan fingerprint density at radius 2 is 1.72 bits per heavy atom. The van der Waals surface area contributed by atoms with Crippen molar-refractivity contribution in [3.05, 3.63) is 106 Å². The lowest BCUT2D eigenvalue weighted by atomic mass is 10.1. The number of nitrogens with one attached hydrogen (secondary N) is 1. The molecule has 0 aliphatic carbocycles. The highest BCUT2D eigenvalue weighted by molar-refractivity contribution is 6.31. The quantitative estimate of drug-likeness (QED) is 0.313. The molecular weight excluding hydrogens is 385 g/mol. The molecule has 0 radical (unpaired) electrons. The fourth-order valence-electron chi connectivity index (χ4n) is 3.48. The summed E-state index contributed by atoms with van der Waals surface area (Å²) >= 11 is 6.19. The van der Waals surface area contributed by atoms with Gasteiger partial charge in [0.25, 0.3) is 0 Å². The summed E-state index contributed by atoms with van der Waals surface area (Å²) in [6, 6.07) is 22.6. The molecule has 0 aliphatic rings. The van der Waals surface area contributed by atoms with Gasteiger partial charge >= 0.3 is 0 Å². The lowest BCUT2D eigenvalue weighted by Gasteiger charge is -2.09. The summed E-state index contributed by atoms with van der Waals surface area (Å²) in [6.45, 7) is 3.32. The second-order valence-corrected chi connectivity index (χ2v) is 7.32. The van der Waals surface area contributed by atoms with E-state index in [1.54, 1.807) is 0 Å². The van der Waals surface area contributed by atoms with E-state index >= 15 is 0 Å². The minimum absolute atomic E-state index is 0.222. The number of para-hydroxylation sites is 1. The first-order valence-corrected chi connectivity index (χ1v) is 9.83. The fraction of sp³-hybridized carbons (Fsp3) is 0.125. The Hall–Kier alpha value is -3.11. The summed E-state index contributed by atoms with van der Waals surface area (Å²) in [5.74, 6) is -0.222. The summed E-state index contributed by atoms with van der Waals surface area (Å²) in [5, 5.41) is 6.28. The predicted molar refractivity (Wildman–Crippen MR) is 118 cm³/mol. The topological polar surface area (TPSA) is 29.3 Å². The van der Waals surface area contributed by atoms with Crippen LogP contribution in [0.4, 0.5) is 4.39 Å². The van der Waals surface area contributed by atoms with Gasteiger partial charge in [0.1, 0.15) is 5.82 Å². The van der Waals surface area contributed by atoms with E-state index in [1.807, 2.05) is 54.7 Å². The molecular formula is C24H21ClFN3. The first-order valence-electron chi connectivity index (χ1n) is 9.45. The molecule has 0 atom stereocenters. The van der Waals surface area contributed by atoms with E-state index < -0.39 is 0 Å². The molecule has 3 aromatic carbocycles. The number of aromatic nitrogens is 1. The number of halogens is 2. The SMILES string of the molecule is Cc1c(/C=N\NCc2ccccc2Cl)c2ccccc2n1Cc1ccc(F)cc1. The second-order valence-electron chi connectivity index (χ2n) is 6.91. The minimum Gasteiger partial charge on any atom is -0.340 e. The molecule has 0 bridgehead atoms. The number of fused-ring (bicyclic) bond motifs is 1. The van der Waals surface area contributed by atoms with Gasteiger partial charge in [-0.2, -0.15) is 5.10 Å². The highest BCUT2D eigenvalue weighted by Crippen LogP contribution is 2.25. The van der Waals surface area contributed by atoms with Crippen LogP contribution in [0.1, 0.15) is 22.4 Å². The normalized spacial score (nSPS) is 11.4. The van der Waals surface area contributed by atoms with Crippen LogP contribution in [0, 0.1) is 12.7 Å². The lowest BCUT2D eigenvalue weighted by Crippen LogP contribution is -2.06. The molecule has 1 N–H and O–H groups in total. The van der Waals surface area contributed by atoms with Crippen LogP contribution in [0.3, 0.4) is 0 Å². The number of rotatable bonds is 6. The molecule has 0 saturated carbocycles. The van der Waals surface area contributed by atoms with Gasteiger partial charge in [0.2, 0.25) is 0 Å². The third kappa shape index (κ3) is 4.17. The van der Waals surface area contributed by atoms with Crippen molar-refractivity contribution in [1.29, 1.82) is 0 Å². The van der Waals surface area contributed by atoms with Crippen molar-refractivity contribution in [1.82, 2.24) is 9.99 Å². The molecule has 4 rings (SSSR count). The van der Waals surface area contributed by atoms with Gasteiger partial charge in [-0.3, -0.25) is 0 Å². The minimum atomic E-state index is -0.222. The Morgan fingerprint density at radius 1 is 1.00 bits per heavy atom. The fourth-order valence-corrected chi connectivity index (χ4v) is 3.68. The molecule has 4 aromatic rings. The molecule has 0 aliphatic heterocycles. The molecule has 29 heavy (non-hydrogen) atoms. The number of hydrogen-bond donors (Lipinski definition) is 1. The molecule has 146 valence electrons. The molecule has 1 aromatic heterocycles. The number of benzene rings is 3. The van der Waals surface area contributed by atoms with Gasteiger partial charge in [0.15, 0.2) is 0 Å². The van der Waals surface area contributed by atoms with Crippen molar-refractivity contribution in [3.8, 4) is 0 Å². The van der Waals surface area contributed by atoms with Gasteiger partial charge < -0.3 is 9.99 Å². The van der Waals surface area contributed by atoms with Crippen molar-refractivity contribution in [2.24, 2.45) is 5.10 Å². The van der Waals surface area contributed by atoms with Gasteiger partial charge in [0, 0.05) is 33.7 Å². The summed E-state index contributed by atoms with van der Waals surface area (Å²) in [7, 11) is 0. The molecule has 3 nitrogen and oxygen atoms in total. The Bertz CT molecular complexity index is 1160. The summed E-state index contributed by atoms with van der Waals surface area (Å²) < 4.78 is 15.5. The van der Waals surface area contributed by atoms with Crippen LogP contribution in [0.2, 0.25) is 5.02 Å². The average Bonchev–Trinajstić information content (AvgIpc) is 3.00. The molecule has 0 fully saturated rings. The lowest BCUT2D eigenvalue weighted by molar-refractivity contribution is 0.626. The van der Waals surface area contributed by atoms with Crippen LogP contribution in [0.15, 0.2) is 77.9 Å². The van der Waals surface area contributed by atoms with E-state index in [4.69, 9.17) is 11.6 Å². The van der Waals surface area contributed by atoms with Crippen molar-refractivity contribution in [2.45, 2.75) is 20.0 Å². The zero-order valence-corrected chi connectivity index (χ0v) is 16.8. The molecule has 0 saturated heterocycles. The van der Waals surface area contributed by atoms with E-state index in [1.165, 1.54) is 12.1 Å². The number of hydrazone groups is 1. The van der Waals surface area contributed by atoms with Gasteiger partial charge in [0.05, 0.1) is 12.8 Å². The Morgan fingerprint density at radius 3 is 2.52 bits per heavy atom. The van der Waals surface area contributed by atoms with Crippen LogP contribution in [-0.4, -0.2) is 10.8 Å². The van der Waals surface area contributed by atoms with Crippen LogP contribution >= 0.6 is 11.6 Å². The first-order chi connectivity index (χ1) is 14.1. The van der Waals surface area contributed by atoms with Crippen molar-refractivity contribution in [3.63, 3.8) is 0 Å². The van der Waals surface area contributed by atoms with E-state index in [2.05, 4.69) is 34.2 Å². The Kier molecular flexibility index (Phi) is 5.63. The van der Waals surface area contributed by atoms with Crippen molar-refractivity contribution in [2.75, 3.05) is 0 Å². The first kappa shape index (κ1) is 19.2. The van der Waals surface area contributed by atoms with Crippen LogP contribution < -0.4 is 5.43 Å². The summed E-state index contributed by atoms with van der Waals surface area (Å²) in [4.78, 5) is 0. The van der Waals surface area contributed by atoms with E-state index in [0.29, 0.717) is 13.1 Å². The van der Waals surface area contributed by atoms with Gasteiger partial charge in [-0.25, -0.2) is 4.39 Å². The third-order valence-corrected chi connectivity index (χ3v) is 5.41. The molecule has 0 amide bonds. The Balaban J connectivity index is 1.60. The second kappa shape index (κ2) is 8.50. The van der Waals surface area contributed by atoms with E-state index in [9.17, 15) is 4.39 Å². The smallest absolute Gasteiger partial charge is 0.123 e. The highest BCUT2D eigenvalue weighted by Gasteiger charge is 2.12. The maximum absolute atomic E-state index is 13.2. The van der Waals surface area contributed by atoms with Crippen LogP contribution in [-0.2, 0) is 13.1 Å². The summed E-state index contributed by atoms with van der Waals surface area (Å²) in [6.07, 6.45) is 1.86. The van der Waals surface area contributed by atoms with Crippen molar-refractivity contribution < 1.29 is 4.39 Å². The molecule has 0 unspecified atom stereocenters. The average molecular weight is 406 g/mol. The highest BCUT2D eigenvalue weighted by atomic mass is 35.5. The third-order valence-electron chi connectivity index (χ3n) is 5.05. The largest absolute Gasteiger partial charge is 0.340 e. The standard InChI is InChI=1S/C24H21ClFN3/c1-17-22(15-28-27-14-19-6-2-4-8-23(19)25)21-7-3-5-9-24(21)29(17)16-18-10-12-20(26)13-11-18/h2-13,15,27H,14,16H2,1H3/b28-15-. The Labute approximate surface area is 174 Å². The van der Waals surface area contributed by atoms with E-state index in [0.717, 1.165) is 38.3 Å². The van der Waals surface area contributed by atoms with Crippen LogP contribution in [0.25, 0.3) is 10.9 Å². The molecule has 0 spiro atoms.